The van der Waals surface area contributed by atoms with Crippen LogP contribution in [0.25, 0.3) is 0 Å². The first-order valence-corrected chi connectivity index (χ1v) is 11.8. The summed E-state index contributed by atoms with van der Waals surface area (Å²) in [5, 5.41) is 3.03. The monoisotopic (exact) mass is 443 g/mol. The molecule has 0 spiro atoms. The first-order chi connectivity index (χ1) is 15.5. The molecule has 0 aromatic heterocycles. The summed E-state index contributed by atoms with van der Waals surface area (Å²) < 4.78 is 4.81. The van der Waals surface area contributed by atoms with Crippen molar-refractivity contribution >= 4 is 17.8 Å². The zero-order valence-corrected chi connectivity index (χ0v) is 19.4. The molecule has 1 aromatic rings. The van der Waals surface area contributed by atoms with Crippen molar-refractivity contribution in [1.82, 2.24) is 15.1 Å². The Balaban J connectivity index is 1.53. The van der Waals surface area contributed by atoms with Crippen LogP contribution in [0.3, 0.4) is 0 Å². The number of methoxy groups -OCH3 is 1. The van der Waals surface area contributed by atoms with Gasteiger partial charge in [0.2, 0.25) is 11.8 Å². The van der Waals surface area contributed by atoms with E-state index in [0.717, 1.165) is 57.3 Å². The van der Waals surface area contributed by atoms with Gasteiger partial charge in [-0.05, 0) is 63.7 Å². The molecule has 2 heterocycles. The highest BCUT2D eigenvalue weighted by Gasteiger charge is 2.30. The minimum Gasteiger partial charge on any atom is -0.469 e. The van der Waals surface area contributed by atoms with Gasteiger partial charge in [-0.15, -0.1) is 0 Å². The molecule has 3 rings (SSSR count). The van der Waals surface area contributed by atoms with Crippen molar-refractivity contribution in [2.45, 2.75) is 51.0 Å². The maximum atomic E-state index is 13.0. The van der Waals surface area contributed by atoms with Crippen LogP contribution in [0.2, 0.25) is 0 Å². The van der Waals surface area contributed by atoms with E-state index in [2.05, 4.69) is 17.3 Å². The lowest BCUT2D eigenvalue weighted by Crippen LogP contribution is -2.46. The van der Waals surface area contributed by atoms with Gasteiger partial charge in [0.1, 0.15) is 0 Å². The Morgan fingerprint density at radius 2 is 1.81 bits per heavy atom. The van der Waals surface area contributed by atoms with E-state index in [1.54, 1.807) is 0 Å². The lowest BCUT2D eigenvalue weighted by molar-refractivity contribution is -0.141. The van der Waals surface area contributed by atoms with Crippen LogP contribution in [0.1, 0.15) is 56.6 Å². The van der Waals surface area contributed by atoms with Gasteiger partial charge in [-0.25, -0.2) is 0 Å². The molecular formula is C25H37N3O4. The highest BCUT2D eigenvalue weighted by Crippen LogP contribution is 2.24. The molecule has 2 aliphatic rings. The lowest BCUT2D eigenvalue weighted by Gasteiger charge is -2.34. The summed E-state index contributed by atoms with van der Waals surface area (Å²) in [6.45, 7) is 3.40. The Morgan fingerprint density at radius 3 is 2.50 bits per heavy atom. The topological polar surface area (TPSA) is 79.0 Å². The van der Waals surface area contributed by atoms with Crippen LogP contribution >= 0.6 is 0 Å². The van der Waals surface area contributed by atoms with Crippen molar-refractivity contribution in [1.29, 1.82) is 0 Å². The van der Waals surface area contributed by atoms with Crippen molar-refractivity contribution < 1.29 is 19.1 Å². The molecule has 2 amide bonds. The van der Waals surface area contributed by atoms with Gasteiger partial charge in [-0.3, -0.25) is 14.4 Å². The average Bonchev–Trinajstić information content (AvgIpc) is 2.83. The van der Waals surface area contributed by atoms with Crippen LogP contribution in [0.15, 0.2) is 30.3 Å². The number of esters is 1. The maximum absolute atomic E-state index is 13.0. The number of carbonyl (C=O) groups excluding carboxylic acids is 3. The second-order valence-corrected chi connectivity index (χ2v) is 9.22. The van der Waals surface area contributed by atoms with E-state index in [1.807, 2.05) is 35.2 Å². The van der Waals surface area contributed by atoms with Crippen molar-refractivity contribution in [3.63, 3.8) is 0 Å². The molecule has 2 fully saturated rings. The smallest absolute Gasteiger partial charge is 0.307 e. The maximum Gasteiger partial charge on any atom is 0.307 e. The van der Waals surface area contributed by atoms with E-state index in [9.17, 15) is 14.4 Å². The van der Waals surface area contributed by atoms with Gasteiger partial charge in [-0.1, -0.05) is 30.3 Å². The zero-order valence-electron chi connectivity index (χ0n) is 19.4. The summed E-state index contributed by atoms with van der Waals surface area (Å²) in [4.78, 5) is 42.0. The molecular weight excluding hydrogens is 406 g/mol. The Bertz CT molecular complexity index is 762. The Labute approximate surface area is 191 Å². The van der Waals surface area contributed by atoms with Gasteiger partial charge < -0.3 is 19.9 Å². The van der Waals surface area contributed by atoms with Gasteiger partial charge in [0.05, 0.1) is 25.5 Å². The van der Waals surface area contributed by atoms with E-state index in [1.165, 1.54) is 7.11 Å². The van der Waals surface area contributed by atoms with Gasteiger partial charge in [-0.2, -0.15) is 0 Å². The molecule has 1 aromatic carbocycles. The Hall–Kier alpha value is -2.41. The molecule has 2 saturated heterocycles. The number of likely N-dealkylation sites (tertiary alicyclic amines) is 2. The largest absolute Gasteiger partial charge is 0.469 e. The first kappa shape index (κ1) is 24.2. The second kappa shape index (κ2) is 12.0. The standard InChI is InChI=1S/C25H37N3O4/c1-27-15-12-19(13-16-27)10-11-23(29)28-14-6-9-21(18-28)25(31)26-22(17-24(30)32-2)20-7-4-3-5-8-20/h3-5,7-8,19,21-22H,6,9-18H2,1-2H3,(H,26,31). The third-order valence-corrected chi connectivity index (χ3v) is 6.87. The second-order valence-electron chi connectivity index (χ2n) is 9.22. The van der Waals surface area contributed by atoms with Gasteiger partial charge in [0, 0.05) is 19.5 Å². The van der Waals surface area contributed by atoms with Crippen LogP contribution in [0, 0.1) is 11.8 Å². The minimum absolute atomic E-state index is 0.0815. The van der Waals surface area contributed by atoms with Crippen molar-refractivity contribution in [2.75, 3.05) is 40.3 Å². The molecule has 7 heteroatoms. The zero-order chi connectivity index (χ0) is 22.9. The quantitative estimate of drug-likeness (QED) is 0.625. The molecule has 32 heavy (non-hydrogen) atoms. The third kappa shape index (κ3) is 7.05. The third-order valence-electron chi connectivity index (χ3n) is 6.87. The molecule has 2 atom stereocenters. The minimum atomic E-state index is -0.438. The highest BCUT2D eigenvalue weighted by molar-refractivity contribution is 5.82. The number of nitrogens with zero attached hydrogens (tertiary/aromatic N) is 2. The van der Waals surface area contributed by atoms with Crippen molar-refractivity contribution in [2.24, 2.45) is 11.8 Å². The van der Waals surface area contributed by atoms with Crippen LogP contribution in [-0.2, 0) is 19.1 Å². The van der Waals surface area contributed by atoms with E-state index in [0.29, 0.717) is 18.9 Å². The molecule has 2 aliphatic heterocycles. The number of benzene rings is 1. The average molecular weight is 444 g/mol. The first-order valence-electron chi connectivity index (χ1n) is 11.8. The fraction of sp³-hybridized carbons (Fsp3) is 0.640. The fourth-order valence-electron chi connectivity index (χ4n) is 4.73. The summed E-state index contributed by atoms with van der Waals surface area (Å²) in [6, 6.07) is 9.03. The highest BCUT2D eigenvalue weighted by atomic mass is 16.5. The molecule has 2 unspecified atom stereocenters. The molecule has 0 bridgehead atoms. The number of piperidine rings is 2. The van der Waals surface area contributed by atoms with E-state index < -0.39 is 6.04 Å². The summed E-state index contributed by atoms with van der Waals surface area (Å²) >= 11 is 0. The van der Waals surface area contributed by atoms with Gasteiger partial charge in [0.25, 0.3) is 0 Å². The SMILES string of the molecule is COC(=O)CC(NC(=O)C1CCCN(C(=O)CCC2CCN(C)CC2)C1)c1ccccc1. The number of hydrogen-bond acceptors (Lipinski definition) is 5. The summed E-state index contributed by atoms with van der Waals surface area (Å²) in [6.07, 6.45) is 5.49. The number of amides is 2. The summed E-state index contributed by atoms with van der Waals surface area (Å²) in [5.41, 5.74) is 0.869. The summed E-state index contributed by atoms with van der Waals surface area (Å²) in [5.74, 6) is 0.0727. The van der Waals surface area contributed by atoms with Crippen LogP contribution in [0.5, 0.6) is 0 Å². The van der Waals surface area contributed by atoms with E-state index in [-0.39, 0.29) is 30.1 Å². The van der Waals surface area contributed by atoms with E-state index >= 15 is 0 Å². The van der Waals surface area contributed by atoms with Crippen molar-refractivity contribution in [3.8, 4) is 0 Å². The fourth-order valence-corrected chi connectivity index (χ4v) is 4.73. The Kier molecular flexibility index (Phi) is 9.09. The number of hydrogen-bond donors (Lipinski definition) is 1. The number of nitrogens with one attached hydrogen (secondary N) is 1. The molecule has 176 valence electrons. The van der Waals surface area contributed by atoms with E-state index in [4.69, 9.17) is 4.74 Å². The number of ether oxygens (including phenoxy) is 1. The molecule has 7 nitrogen and oxygen atoms in total. The van der Waals surface area contributed by atoms with Crippen LogP contribution in [0.4, 0.5) is 0 Å². The predicted molar refractivity (Wildman–Crippen MR) is 123 cm³/mol. The van der Waals surface area contributed by atoms with Gasteiger partial charge >= 0.3 is 5.97 Å². The molecule has 1 N–H and O–H groups in total. The van der Waals surface area contributed by atoms with Crippen LogP contribution in [-0.4, -0.2) is 67.9 Å². The molecule has 0 saturated carbocycles. The summed E-state index contributed by atoms with van der Waals surface area (Å²) in [7, 11) is 3.50. The number of rotatable bonds is 8. The number of carbonyl (C=O) groups is 3. The molecule has 0 radical (unpaired) electrons. The van der Waals surface area contributed by atoms with Crippen LogP contribution < -0.4 is 5.32 Å². The predicted octanol–water partition coefficient (Wildman–Crippen LogP) is 2.77. The lowest BCUT2D eigenvalue weighted by atomic mass is 9.91. The Morgan fingerprint density at radius 1 is 1.09 bits per heavy atom. The molecule has 0 aliphatic carbocycles. The normalized spacial score (nSPS) is 21.1. The van der Waals surface area contributed by atoms with Crippen molar-refractivity contribution in [3.05, 3.63) is 35.9 Å². The van der Waals surface area contributed by atoms with Gasteiger partial charge in [0.15, 0.2) is 0 Å².